The van der Waals surface area contributed by atoms with Gasteiger partial charge < -0.3 is 9.73 Å². The number of hydrogen-bond donors (Lipinski definition) is 2. The van der Waals surface area contributed by atoms with Gasteiger partial charge in [0.25, 0.3) is 10.0 Å². The number of rotatable bonds is 5. The SMILES string of the molecule is CNS(=O)(=O)c1ccc(CNC2CCCCC2(C)C)o1. The summed E-state index contributed by atoms with van der Waals surface area (Å²) >= 11 is 0. The minimum Gasteiger partial charge on any atom is -0.447 e. The Labute approximate surface area is 121 Å². The predicted octanol–water partition coefficient (Wildman–Crippen LogP) is 2.25. The smallest absolute Gasteiger partial charge is 0.273 e. The second-order valence-electron chi connectivity index (χ2n) is 6.10. The molecule has 0 amide bonds. The van der Waals surface area contributed by atoms with Gasteiger partial charge in [0, 0.05) is 6.04 Å². The molecule has 0 saturated heterocycles. The standard InChI is InChI=1S/C14H24N2O3S/c1-14(2)9-5-4-6-12(14)16-10-11-7-8-13(19-11)20(17,18)15-3/h7-8,12,15-16H,4-6,9-10H2,1-3H3. The van der Waals surface area contributed by atoms with Gasteiger partial charge in [0.15, 0.2) is 0 Å². The number of sulfonamides is 1. The third kappa shape index (κ3) is 3.42. The van der Waals surface area contributed by atoms with Gasteiger partial charge in [-0.25, -0.2) is 13.1 Å². The second-order valence-corrected chi connectivity index (χ2v) is 7.91. The Morgan fingerprint density at radius 1 is 1.35 bits per heavy atom. The Hall–Kier alpha value is -0.850. The van der Waals surface area contributed by atoms with Crippen LogP contribution in [0.25, 0.3) is 0 Å². The summed E-state index contributed by atoms with van der Waals surface area (Å²) < 4.78 is 30.8. The maximum atomic E-state index is 11.6. The van der Waals surface area contributed by atoms with Crippen molar-refractivity contribution in [1.82, 2.24) is 10.0 Å². The van der Waals surface area contributed by atoms with E-state index in [-0.39, 0.29) is 10.5 Å². The molecular weight excluding hydrogens is 276 g/mol. The van der Waals surface area contributed by atoms with Crippen molar-refractivity contribution in [3.63, 3.8) is 0 Å². The molecule has 0 radical (unpaired) electrons. The lowest BCUT2D eigenvalue weighted by Gasteiger charge is -2.39. The van der Waals surface area contributed by atoms with E-state index in [0.717, 1.165) is 6.42 Å². The Kier molecular flexibility index (Phi) is 4.56. The molecular formula is C14H24N2O3S. The lowest BCUT2D eigenvalue weighted by molar-refractivity contribution is 0.163. The first-order valence-corrected chi connectivity index (χ1v) is 8.59. The number of nitrogens with one attached hydrogen (secondary N) is 2. The maximum absolute atomic E-state index is 11.6. The van der Waals surface area contributed by atoms with Gasteiger partial charge in [-0.2, -0.15) is 0 Å². The van der Waals surface area contributed by atoms with Crippen LogP contribution in [-0.4, -0.2) is 21.5 Å². The largest absolute Gasteiger partial charge is 0.447 e. The van der Waals surface area contributed by atoms with Crippen molar-refractivity contribution in [3.8, 4) is 0 Å². The first kappa shape index (κ1) is 15.5. The highest BCUT2D eigenvalue weighted by Crippen LogP contribution is 2.35. The summed E-state index contributed by atoms with van der Waals surface area (Å²) in [5, 5.41) is 3.47. The lowest BCUT2D eigenvalue weighted by Crippen LogP contribution is -2.43. The van der Waals surface area contributed by atoms with Gasteiger partial charge in [-0.1, -0.05) is 26.7 Å². The minimum absolute atomic E-state index is 0.0281. The van der Waals surface area contributed by atoms with Crippen molar-refractivity contribution < 1.29 is 12.8 Å². The van der Waals surface area contributed by atoms with E-state index in [2.05, 4.69) is 23.9 Å². The summed E-state index contributed by atoms with van der Waals surface area (Å²) in [7, 11) is -2.11. The summed E-state index contributed by atoms with van der Waals surface area (Å²) in [6.07, 6.45) is 4.92. The molecule has 1 saturated carbocycles. The highest BCUT2D eigenvalue weighted by molar-refractivity contribution is 7.89. The summed E-state index contributed by atoms with van der Waals surface area (Å²) in [6, 6.07) is 3.66. The van der Waals surface area contributed by atoms with E-state index in [1.807, 2.05) is 0 Å². The Morgan fingerprint density at radius 2 is 2.10 bits per heavy atom. The van der Waals surface area contributed by atoms with Gasteiger partial charge in [-0.3, -0.25) is 0 Å². The monoisotopic (exact) mass is 300 g/mol. The van der Waals surface area contributed by atoms with Crippen LogP contribution < -0.4 is 10.0 Å². The third-order valence-electron chi connectivity index (χ3n) is 4.20. The van der Waals surface area contributed by atoms with Gasteiger partial charge in [0.05, 0.1) is 6.54 Å². The Bertz CT molecular complexity index is 549. The molecule has 1 aliphatic rings. The molecule has 20 heavy (non-hydrogen) atoms. The average molecular weight is 300 g/mol. The molecule has 2 N–H and O–H groups in total. The third-order valence-corrected chi connectivity index (χ3v) is 5.49. The highest BCUT2D eigenvalue weighted by Gasteiger charge is 2.31. The van der Waals surface area contributed by atoms with Crippen molar-refractivity contribution in [2.45, 2.75) is 57.2 Å². The summed E-state index contributed by atoms with van der Waals surface area (Å²) in [6.45, 7) is 5.12. The molecule has 1 aromatic rings. The molecule has 0 spiro atoms. The molecule has 1 atom stereocenters. The van der Waals surface area contributed by atoms with Crippen LogP contribution in [0.15, 0.2) is 21.6 Å². The molecule has 1 aromatic heterocycles. The molecule has 2 rings (SSSR count). The van der Waals surface area contributed by atoms with Crippen LogP contribution in [0.4, 0.5) is 0 Å². The van der Waals surface area contributed by atoms with Gasteiger partial charge in [-0.15, -0.1) is 0 Å². The zero-order valence-electron chi connectivity index (χ0n) is 12.4. The molecule has 0 aliphatic heterocycles. The van der Waals surface area contributed by atoms with E-state index < -0.39 is 10.0 Å². The fourth-order valence-corrected chi connectivity index (χ4v) is 3.46. The number of furan rings is 1. The molecule has 1 fully saturated rings. The zero-order valence-corrected chi connectivity index (χ0v) is 13.2. The van der Waals surface area contributed by atoms with Crippen LogP contribution in [0.5, 0.6) is 0 Å². The molecule has 0 aromatic carbocycles. The number of hydrogen-bond acceptors (Lipinski definition) is 4. The molecule has 114 valence electrons. The predicted molar refractivity (Wildman–Crippen MR) is 77.8 cm³/mol. The van der Waals surface area contributed by atoms with E-state index in [0.29, 0.717) is 18.3 Å². The molecule has 1 aliphatic carbocycles. The second kappa shape index (κ2) is 5.87. The zero-order chi connectivity index (χ0) is 14.8. The fraction of sp³-hybridized carbons (Fsp3) is 0.714. The van der Waals surface area contributed by atoms with E-state index in [1.54, 1.807) is 6.07 Å². The van der Waals surface area contributed by atoms with Crippen LogP contribution in [0, 0.1) is 5.41 Å². The van der Waals surface area contributed by atoms with E-state index in [9.17, 15) is 8.42 Å². The van der Waals surface area contributed by atoms with E-state index in [1.165, 1.54) is 32.4 Å². The maximum Gasteiger partial charge on any atom is 0.273 e. The van der Waals surface area contributed by atoms with Crippen LogP contribution in [-0.2, 0) is 16.6 Å². The topological polar surface area (TPSA) is 71.3 Å². The van der Waals surface area contributed by atoms with E-state index >= 15 is 0 Å². The summed E-state index contributed by atoms with van der Waals surface area (Å²) in [4.78, 5) is 0. The minimum atomic E-state index is -3.49. The van der Waals surface area contributed by atoms with Crippen LogP contribution in [0.1, 0.15) is 45.3 Å². The van der Waals surface area contributed by atoms with Gasteiger partial charge >= 0.3 is 0 Å². The van der Waals surface area contributed by atoms with E-state index in [4.69, 9.17) is 4.42 Å². The normalized spacial score (nSPS) is 22.9. The summed E-state index contributed by atoms with van der Waals surface area (Å²) in [5.41, 5.74) is 0.282. The molecule has 1 heterocycles. The van der Waals surface area contributed by atoms with Crippen molar-refractivity contribution in [2.24, 2.45) is 5.41 Å². The van der Waals surface area contributed by atoms with Crippen molar-refractivity contribution in [2.75, 3.05) is 7.05 Å². The Morgan fingerprint density at radius 3 is 2.75 bits per heavy atom. The fourth-order valence-electron chi connectivity index (χ4n) is 2.79. The van der Waals surface area contributed by atoms with Crippen molar-refractivity contribution in [1.29, 1.82) is 0 Å². The molecule has 6 heteroatoms. The first-order chi connectivity index (χ1) is 9.35. The van der Waals surface area contributed by atoms with Crippen LogP contribution in [0.3, 0.4) is 0 Å². The van der Waals surface area contributed by atoms with Crippen molar-refractivity contribution >= 4 is 10.0 Å². The lowest BCUT2D eigenvalue weighted by atomic mass is 9.73. The quantitative estimate of drug-likeness (QED) is 0.875. The Balaban J connectivity index is 1.98. The van der Waals surface area contributed by atoms with Crippen LogP contribution >= 0.6 is 0 Å². The molecule has 0 bridgehead atoms. The van der Waals surface area contributed by atoms with Gasteiger partial charge in [0.1, 0.15) is 5.76 Å². The van der Waals surface area contributed by atoms with Crippen LogP contribution in [0.2, 0.25) is 0 Å². The highest BCUT2D eigenvalue weighted by atomic mass is 32.2. The molecule has 5 nitrogen and oxygen atoms in total. The van der Waals surface area contributed by atoms with Gasteiger partial charge in [-0.05, 0) is 37.4 Å². The average Bonchev–Trinajstić information content (AvgIpc) is 2.86. The van der Waals surface area contributed by atoms with Gasteiger partial charge in [0.2, 0.25) is 5.09 Å². The first-order valence-electron chi connectivity index (χ1n) is 7.11. The molecule has 1 unspecified atom stereocenters. The van der Waals surface area contributed by atoms with Crippen molar-refractivity contribution in [3.05, 3.63) is 17.9 Å². The summed E-state index contributed by atoms with van der Waals surface area (Å²) in [5.74, 6) is 0.653.